The van der Waals surface area contributed by atoms with Crippen molar-refractivity contribution >= 4 is 21.5 Å². The van der Waals surface area contributed by atoms with Crippen LogP contribution in [0.25, 0.3) is 21.5 Å². The lowest BCUT2D eigenvalue weighted by atomic mass is 9.70. The van der Waals surface area contributed by atoms with E-state index in [4.69, 9.17) is 0 Å². The summed E-state index contributed by atoms with van der Waals surface area (Å²) in [7, 11) is 0. The van der Waals surface area contributed by atoms with Crippen LogP contribution < -0.4 is 0 Å². The van der Waals surface area contributed by atoms with Crippen molar-refractivity contribution in [3.05, 3.63) is 59.2 Å². The molecule has 154 valence electrons. The van der Waals surface area contributed by atoms with Crippen LogP contribution in [-0.4, -0.2) is 0 Å². The second-order valence-electron chi connectivity index (χ2n) is 10.2. The number of aryl methyl sites for hydroxylation is 2. The van der Waals surface area contributed by atoms with Crippen molar-refractivity contribution < 1.29 is 0 Å². The molecule has 0 bridgehead atoms. The van der Waals surface area contributed by atoms with Crippen LogP contribution in [-0.2, 0) is 11.8 Å². The van der Waals surface area contributed by atoms with Crippen molar-refractivity contribution in [2.45, 2.75) is 79.1 Å². The first kappa shape index (κ1) is 20.5. The van der Waals surface area contributed by atoms with Gasteiger partial charge in [-0.3, -0.25) is 0 Å². The van der Waals surface area contributed by atoms with Gasteiger partial charge < -0.3 is 0 Å². The minimum Gasteiger partial charge on any atom is -0.0651 e. The highest BCUT2D eigenvalue weighted by Gasteiger charge is 2.39. The number of benzene rings is 3. The van der Waals surface area contributed by atoms with E-state index in [1.54, 1.807) is 11.1 Å². The van der Waals surface area contributed by atoms with Crippen molar-refractivity contribution in [1.82, 2.24) is 0 Å². The average Bonchev–Trinajstić information content (AvgIpc) is 3.06. The highest BCUT2D eigenvalue weighted by Crippen LogP contribution is 2.48. The van der Waals surface area contributed by atoms with E-state index in [1.165, 1.54) is 59.2 Å². The molecule has 3 atom stereocenters. The second kappa shape index (κ2) is 7.78. The van der Waals surface area contributed by atoms with Crippen LogP contribution in [0.1, 0.15) is 77.0 Å². The monoisotopic (exact) mass is 386 g/mol. The second-order valence-corrected chi connectivity index (χ2v) is 10.2. The molecule has 0 aliphatic heterocycles. The molecule has 0 amide bonds. The van der Waals surface area contributed by atoms with E-state index in [1.807, 2.05) is 0 Å². The molecular weight excluding hydrogens is 348 g/mol. The number of hydrogen-bond donors (Lipinski definition) is 0. The first-order valence-electron chi connectivity index (χ1n) is 11.8. The summed E-state index contributed by atoms with van der Waals surface area (Å²) in [6.07, 6.45) is 6.56. The lowest BCUT2D eigenvalue weighted by Crippen LogP contribution is -2.28. The van der Waals surface area contributed by atoms with Gasteiger partial charge in [0.2, 0.25) is 0 Å². The SMILES string of the molecule is CC[C@H](CC[C@@H](C)[C@]1(C)CCc2c1ccc1c2ccc2c(C)cccc21)C(C)C. The number of fused-ring (bicyclic) bond motifs is 5. The van der Waals surface area contributed by atoms with Gasteiger partial charge in [0.1, 0.15) is 0 Å². The molecule has 1 aliphatic rings. The van der Waals surface area contributed by atoms with Gasteiger partial charge in [-0.1, -0.05) is 83.5 Å². The Labute approximate surface area is 177 Å². The summed E-state index contributed by atoms with van der Waals surface area (Å²) < 4.78 is 0. The fourth-order valence-corrected chi connectivity index (χ4v) is 6.02. The summed E-state index contributed by atoms with van der Waals surface area (Å²) in [5, 5.41) is 5.74. The normalized spacial score (nSPS) is 21.1. The van der Waals surface area contributed by atoms with Crippen LogP contribution in [0.5, 0.6) is 0 Å². The predicted octanol–water partition coefficient (Wildman–Crippen LogP) is 8.60. The fraction of sp³-hybridized carbons (Fsp3) is 0.517. The Kier molecular flexibility index (Phi) is 5.49. The maximum absolute atomic E-state index is 2.54. The molecule has 29 heavy (non-hydrogen) atoms. The Morgan fingerprint density at radius 1 is 0.862 bits per heavy atom. The van der Waals surface area contributed by atoms with Gasteiger partial charge in [0.15, 0.2) is 0 Å². The lowest BCUT2D eigenvalue weighted by molar-refractivity contribution is 0.249. The van der Waals surface area contributed by atoms with E-state index in [9.17, 15) is 0 Å². The summed E-state index contributed by atoms with van der Waals surface area (Å²) in [6, 6.07) is 16.4. The third-order valence-corrected chi connectivity index (χ3v) is 8.42. The zero-order valence-corrected chi connectivity index (χ0v) is 19.3. The summed E-state index contributed by atoms with van der Waals surface area (Å²) in [5.41, 5.74) is 4.94. The average molecular weight is 387 g/mol. The maximum Gasteiger partial charge on any atom is -0.00435 e. The lowest BCUT2D eigenvalue weighted by Gasteiger charge is -2.34. The predicted molar refractivity (Wildman–Crippen MR) is 129 cm³/mol. The van der Waals surface area contributed by atoms with Gasteiger partial charge in [-0.2, -0.15) is 0 Å². The molecule has 0 heterocycles. The zero-order chi connectivity index (χ0) is 20.8. The molecule has 0 spiro atoms. The van der Waals surface area contributed by atoms with E-state index in [2.05, 4.69) is 84.0 Å². The van der Waals surface area contributed by atoms with Gasteiger partial charge in [-0.15, -0.1) is 0 Å². The summed E-state index contributed by atoms with van der Waals surface area (Å²) in [4.78, 5) is 0. The molecule has 0 fully saturated rings. The molecule has 0 saturated heterocycles. The standard InChI is InChI=1S/C29H38/c1-7-22(19(2)3)12-11-21(5)29(6)18-17-27-26-14-13-23-20(4)9-8-10-24(23)25(26)15-16-28(27)29/h8-10,13-16,19,21-22H,7,11-12,17-18H2,1-6H3/t21-,22-,29+/m1/s1. The van der Waals surface area contributed by atoms with Gasteiger partial charge >= 0.3 is 0 Å². The molecule has 3 aromatic rings. The van der Waals surface area contributed by atoms with E-state index in [-0.39, 0.29) is 0 Å². The molecule has 0 saturated carbocycles. The molecule has 3 aromatic carbocycles. The third kappa shape index (κ3) is 3.39. The Balaban J connectivity index is 1.70. The molecule has 0 unspecified atom stereocenters. The number of hydrogen-bond acceptors (Lipinski definition) is 0. The van der Waals surface area contributed by atoms with Gasteiger partial charge in [0.25, 0.3) is 0 Å². The fourth-order valence-electron chi connectivity index (χ4n) is 6.02. The van der Waals surface area contributed by atoms with Crippen molar-refractivity contribution in [3.63, 3.8) is 0 Å². The Bertz CT molecular complexity index is 1030. The highest BCUT2D eigenvalue weighted by molar-refractivity contribution is 6.09. The maximum atomic E-state index is 2.54. The molecule has 4 rings (SSSR count). The summed E-state index contributed by atoms with van der Waals surface area (Å²) in [6.45, 7) is 14.4. The van der Waals surface area contributed by atoms with Gasteiger partial charge in [0, 0.05) is 0 Å². The van der Waals surface area contributed by atoms with Crippen LogP contribution in [0.3, 0.4) is 0 Å². The van der Waals surface area contributed by atoms with Crippen LogP contribution in [0, 0.1) is 24.7 Å². The molecule has 1 aliphatic carbocycles. The van der Waals surface area contributed by atoms with Crippen molar-refractivity contribution in [3.8, 4) is 0 Å². The van der Waals surface area contributed by atoms with Crippen LogP contribution in [0.2, 0.25) is 0 Å². The quantitative estimate of drug-likeness (QED) is 0.372. The summed E-state index contributed by atoms with van der Waals surface area (Å²) >= 11 is 0. The van der Waals surface area contributed by atoms with Crippen molar-refractivity contribution in [2.75, 3.05) is 0 Å². The van der Waals surface area contributed by atoms with Crippen molar-refractivity contribution in [1.29, 1.82) is 0 Å². The Hall–Kier alpha value is -1.82. The van der Waals surface area contributed by atoms with Crippen LogP contribution in [0.15, 0.2) is 42.5 Å². The van der Waals surface area contributed by atoms with E-state index >= 15 is 0 Å². The minimum absolute atomic E-state index is 0.320. The Morgan fingerprint density at radius 3 is 2.28 bits per heavy atom. The smallest absolute Gasteiger partial charge is 0.00435 e. The van der Waals surface area contributed by atoms with Gasteiger partial charge in [-0.25, -0.2) is 0 Å². The number of rotatable bonds is 6. The topological polar surface area (TPSA) is 0 Å². The van der Waals surface area contributed by atoms with Crippen LogP contribution in [0.4, 0.5) is 0 Å². The van der Waals surface area contributed by atoms with E-state index < -0.39 is 0 Å². The van der Waals surface area contributed by atoms with Gasteiger partial charge in [0.05, 0.1) is 0 Å². The molecule has 0 nitrogen and oxygen atoms in total. The van der Waals surface area contributed by atoms with E-state index in [0.717, 1.165) is 17.8 Å². The molecule has 0 N–H and O–H groups in total. The molecular formula is C29H38. The largest absolute Gasteiger partial charge is 0.0651 e. The first-order chi connectivity index (χ1) is 13.9. The van der Waals surface area contributed by atoms with Crippen molar-refractivity contribution in [2.24, 2.45) is 17.8 Å². The zero-order valence-electron chi connectivity index (χ0n) is 19.3. The first-order valence-corrected chi connectivity index (χ1v) is 11.8. The van der Waals surface area contributed by atoms with Crippen LogP contribution >= 0.6 is 0 Å². The Morgan fingerprint density at radius 2 is 1.55 bits per heavy atom. The minimum atomic E-state index is 0.320. The van der Waals surface area contributed by atoms with E-state index in [0.29, 0.717) is 5.41 Å². The molecule has 0 radical (unpaired) electrons. The highest BCUT2D eigenvalue weighted by atomic mass is 14.4. The van der Waals surface area contributed by atoms with Gasteiger partial charge in [-0.05, 0) is 94.0 Å². The summed E-state index contributed by atoms with van der Waals surface area (Å²) in [5.74, 6) is 2.40. The molecule has 0 heteroatoms. The third-order valence-electron chi connectivity index (χ3n) is 8.42. The molecule has 0 aromatic heterocycles.